The molecule has 0 N–H and O–H groups in total. The summed E-state index contributed by atoms with van der Waals surface area (Å²) in [6, 6.07) is 27.1. The first-order valence-electron chi connectivity index (χ1n) is 8.79. The Morgan fingerprint density at radius 3 is 1.80 bits per heavy atom. The van der Waals surface area contributed by atoms with Crippen molar-refractivity contribution in [1.82, 2.24) is 0 Å². The molecule has 0 unspecified atom stereocenters. The highest BCUT2D eigenvalue weighted by Gasteiger charge is 2.21. The lowest BCUT2D eigenvalue weighted by molar-refractivity contribution is 1.51. The fraction of sp³-hybridized carbons (Fsp3) is 0. The molecule has 1 aliphatic rings. The van der Waals surface area contributed by atoms with Gasteiger partial charge in [0.2, 0.25) is 0 Å². The summed E-state index contributed by atoms with van der Waals surface area (Å²) in [5.74, 6) is 0. The van der Waals surface area contributed by atoms with Gasteiger partial charge in [0.1, 0.15) is 0 Å². The Bertz CT molecular complexity index is 1480. The first kappa shape index (κ1) is 12.3. The maximum atomic E-state index is 2.37. The fourth-order valence-electron chi connectivity index (χ4n) is 4.97. The summed E-state index contributed by atoms with van der Waals surface area (Å²) in [5.41, 5.74) is 2.70. The standard InChI is InChI=1S/C25H13/c1-3-14-7-9-18-11-19-10-8-15-4-2-6-17-13-20-12-16(5-1)21(14)23(18)25(20)24(19)22(15)17/h1-13H. The third-order valence-corrected chi connectivity index (χ3v) is 5.94. The Morgan fingerprint density at radius 2 is 0.960 bits per heavy atom. The van der Waals surface area contributed by atoms with E-state index in [-0.39, 0.29) is 0 Å². The van der Waals surface area contributed by atoms with Gasteiger partial charge in [-0.1, -0.05) is 60.7 Å². The van der Waals surface area contributed by atoms with Crippen LogP contribution in [0.15, 0.2) is 72.8 Å². The van der Waals surface area contributed by atoms with Crippen molar-refractivity contribution in [2.75, 3.05) is 0 Å². The highest BCUT2D eigenvalue weighted by Crippen LogP contribution is 2.46. The van der Waals surface area contributed by atoms with Crippen molar-refractivity contribution in [3.63, 3.8) is 0 Å². The second-order valence-electron chi connectivity index (χ2n) is 7.21. The van der Waals surface area contributed by atoms with Gasteiger partial charge in [0, 0.05) is 6.42 Å². The second kappa shape index (κ2) is 3.92. The van der Waals surface area contributed by atoms with Crippen LogP contribution in [0.4, 0.5) is 0 Å². The molecule has 0 bridgehead atoms. The molecule has 0 saturated carbocycles. The first-order valence-corrected chi connectivity index (χ1v) is 8.79. The van der Waals surface area contributed by atoms with Gasteiger partial charge in [-0.25, -0.2) is 0 Å². The molecule has 0 saturated heterocycles. The lowest BCUT2D eigenvalue weighted by Crippen LogP contribution is -1.98. The van der Waals surface area contributed by atoms with E-state index in [1.54, 1.807) is 0 Å². The monoisotopic (exact) mass is 313 g/mol. The van der Waals surface area contributed by atoms with Gasteiger partial charge in [0.15, 0.2) is 0 Å². The van der Waals surface area contributed by atoms with E-state index < -0.39 is 0 Å². The summed E-state index contributed by atoms with van der Waals surface area (Å²) in [7, 11) is 0. The summed E-state index contributed by atoms with van der Waals surface area (Å²) in [6.45, 7) is 0. The van der Waals surface area contributed by atoms with Gasteiger partial charge in [0.05, 0.1) is 0 Å². The van der Waals surface area contributed by atoms with Crippen LogP contribution in [-0.2, 0) is 0 Å². The SMILES string of the molecule is [CH]1c2cccc3ccc4cc5ccc6cccc7cc1c(c4c23)c5c67. The van der Waals surface area contributed by atoms with Crippen LogP contribution >= 0.6 is 0 Å². The highest BCUT2D eigenvalue weighted by atomic mass is 14.2. The molecule has 6 aromatic rings. The van der Waals surface area contributed by atoms with E-state index in [9.17, 15) is 0 Å². The van der Waals surface area contributed by atoms with Gasteiger partial charge in [-0.3, -0.25) is 0 Å². The number of hydrogen-bond donors (Lipinski definition) is 0. The maximum Gasteiger partial charge on any atom is 0.0212 e. The van der Waals surface area contributed by atoms with Crippen molar-refractivity contribution < 1.29 is 0 Å². The normalized spacial score (nSPS) is 13.4. The van der Waals surface area contributed by atoms with Gasteiger partial charge in [-0.05, 0) is 77.1 Å². The molecule has 0 fully saturated rings. The second-order valence-corrected chi connectivity index (χ2v) is 7.21. The smallest absolute Gasteiger partial charge is 0.0212 e. The molecule has 7 rings (SSSR count). The van der Waals surface area contributed by atoms with Gasteiger partial charge >= 0.3 is 0 Å². The molecular formula is C25H13. The summed E-state index contributed by atoms with van der Waals surface area (Å²) in [5, 5.41) is 13.8. The predicted octanol–water partition coefficient (Wildman–Crippen LogP) is 6.80. The zero-order valence-electron chi connectivity index (χ0n) is 13.5. The Balaban J connectivity index is 1.96. The van der Waals surface area contributed by atoms with E-state index in [4.69, 9.17) is 0 Å². The van der Waals surface area contributed by atoms with Crippen LogP contribution in [-0.4, -0.2) is 0 Å². The van der Waals surface area contributed by atoms with Gasteiger partial charge in [-0.2, -0.15) is 0 Å². The molecular weight excluding hydrogens is 300 g/mol. The van der Waals surface area contributed by atoms with E-state index in [0.29, 0.717) is 0 Å². The topological polar surface area (TPSA) is 0 Å². The summed E-state index contributed by atoms with van der Waals surface area (Å²) in [4.78, 5) is 0. The zero-order chi connectivity index (χ0) is 16.1. The molecule has 0 amide bonds. The first-order chi connectivity index (χ1) is 12.4. The van der Waals surface area contributed by atoms with Crippen molar-refractivity contribution in [3.05, 3.63) is 90.3 Å². The third-order valence-electron chi connectivity index (χ3n) is 5.94. The highest BCUT2D eigenvalue weighted by molar-refractivity contribution is 6.35. The third kappa shape index (κ3) is 1.33. The zero-order valence-corrected chi connectivity index (χ0v) is 13.5. The van der Waals surface area contributed by atoms with Crippen molar-refractivity contribution in [2.24, 2.45) is 0 Å². The van der Waals surface area contributed by atoms with Gasteiger partial charge in [-0.15, -0.1) is 0 Å². The van der Waals surface area contributed by atoms with Crippen molar-refractivity contribution >= 4 is 53.9 Å². The lowest BCUT2D eigenvalue weighted by atomic mass is 9.80. The van der Waals surface area contributed by atoms with E-state index in [1.165, 1.54) is 65.0 Å². The van der Waals surface area contributed by atoms with Gasteiger partial charge in [0.25, 0.3) is 0 Å². The maximum absolute atomic E-state index is 2.37. The van der Waals surface area contributed by atoms with Crippen molar-refractivity contribution in [3.8, 4) is 0 Å². The lowest BCUT2D eigenvalue weighted by Gasteiger charge is -2.22. The molecule has 0 atom stereocenters. The fourth-order valence-corrected chi connectivity index (χ4v) is 4.97. The van der Waals surface area contributed by atoms with Crippen LogP contribution in [0.5, 0.6) is 0 Å². The molecule has 1 aliphatic carbocycles. The van der Waals surface area contributed by atoms with Crippen LogP contribution in [0.25, 0.3) is 53.9 Å². The quantitative estimate of drug-likeness (QED) is 0.213. The molecule has 0 heteroatoms. The minimum atomic E-state index is 1.34. The Hall–Kier alpha value is -3.12. The van der Waals surface area contributed by atoms with E-state index in [1.807, 2.05) is 0 Å². The Kier molecular flexibility index (Phi) is 1.92. The molecule has 0 heterocycles. The van der Waals surface area contributed by atoms with Crippen LogP contribution < -0.4 is 0 Å². The summed E-state index contributed by atoms with van der Waals surface area (Å²) < 4.78 is 0. The van der Waals surface area contributed by atoms with E-state index >= 15 is 0 Å². The van der Waals surface area contributed by atoms with Gasteiger partial charge < -0.3 is 0 Å². The largest absolute Gasteiger partial charge is 0.0613 e. The van der Waals surface area contributed by atoms with Crippen LogP contribution in [0.3, 0.4) is 0 Å². The average molecular weight is 313 g/mol. The number of rotatable bonds is 0. The molecule has 1 radical (unpaired) electrons. The number of benzene rings is 6. The Labute approximate surface area is 144 Å². The average Bonchev–Trinajstić information content (AvgIpc) is 2.66. The summed E-state index contributed by atoms with van der Waals surface area (Å²) in [6.07, 6.45) is 2.37. The molecule has 113 valence electrons. The summed E-state index contributed by atoms with van der Waals surface area (Å²) >= 11 is 0. The molecule has 0 aromatic heterocycles. The van der Waals surface area contributed by atoms with Crippen LogP contribution in [0.2, 0.25) is 0 Å². The number of hydrogen-bond acceptors (Lipinski definition) is 0. The Morgan fingerprint density at radius 1 is 0.360 bits per heavy atom. The van der Waals surface area contributed by atoms with Crippen LogP contribution in [0, 0.1) is 6.42 Å². The predicted molar refractivity (Wildman–Crippen MR) is 108 cm³/mol. The van der Waals surface area contributed by atoms with E-state index in [0.717, 1.165) is 0 Å². The molecule has 6 aromatic carbocycles. The molecule has 0 nitrogen and oxygen atoms in total. The van der Waals surface area contributed by atoms with Crippen molar-refractivity contribution in [2.45, 2.75) is 0 Å². The minimum absolute atomic E-state index is 1.34. The molecule has 0 spiro atoms. The van der Waals surface area contributed by atoms with Crippen LogP contribution in [0.1, 0.15) is 11.1 Å². The van der Waals surface area contributed by atoms with Crippen molar-refractivity contribution in [1.29, 1.82) is 0 Å². The minimum Gasteiger partial charge on any atom is -0.0613 e. The molecule has 0 aliphatic heterocycles. The molecule has 25 heavy (non-hydrogen) atoms. The van der Waals surface area contributed by atoms with E-state index in [2.05, 4.69) is 79.2 Å².